The summed E-state index contributed by atoms with van der Waals surface area (Å²) in [4.78, 5) is 14.7. The lowest BCUT2D eigenvalue weighted by atomic mass is 10.1. The van der Waals surface area contributed by atoms with Gasteiger partial charge in [-0.15, -0.1) is 0 Å². The van der Waals surface area contributed by atoms with Crippen molar-refractivity contribution in [3.8, 4) is 0 Å². The first-order valence-electron chi connectivity index (χ1n) is 7.69. The Morgan fingerprint density at radius 1 is 1.24 bits per heavy atom. The molecule has 1 amide bonds. The topological polar surface area (TPSA) is 49.4 Å². The molecule has 0 aromatic heterocycles. The molecule has 2 heterocycles. The van der Waals surface area contributed by atoms with Crippen LogP contribution in [0.25, 0.3) is 0 Å². The van der Waals surface area contributed by atoms with E-state index in [0.717, 1.165) is 24.8 Å². The maximum Gasteiger partial charge on any atom is 0.241 e. The zero-order valence-corrected chi connectivity index (χ0v) is 13.1. The Morgan fingerprint density at radius 2 is 1.90 bits per heavy atom. The van der Waals surface area contributed by atoms with Gasteiger partial charge in [-0.25, -0.2) is 0 Å². The van der Waals surface area contributed by atoms with Crippen LogP contribution in [0.5, 0.6) is 0 Å². The van der Waals surface area contributed by atoms with Crippen molar-refractivity contribution < 1.29 is 9.00 Å². The number of benzene rings is 1. The summed E-state index contributed by atoms with van der Waals surface area (Å²) in [5.41, 5.74) is 1.13. The monoisotopic (exact) mass is 306 g/mol. The highest BCUT2D eigenvalue weighted by atomic mass is 32.2. The molecule has 0 bridgehead atoms. The van der Waals surface area contributed by atoms with E-state index in [9.17, 15) is 9.00 Å². The molecular formula is C16H22N2O2S. The maximum atomic E-state index is 12.7. The van der Waals surface area contributed by atoms with Crippen molar-refractivity contribution in [2.45, 2.75) is 44.4 Å². The summed E-state index contributed by atoms with van der Waals surface area (Å²) < 4.78 is 11.6. The predicted molar refractivity (Wildman–Crippen MR) is 84.1 cm³/mol. The van der Waals surface area contributed by atoms with E-state index in [1.165, 1.54) is 0 Å². The summed E-state index contributed by atoms with van der Waals surface area (Å²) in [6.45, 7) is 2.04. The average Bonchev–Trinajstić information content (AvgIpc) is 2.86. The highest BCUT2D eigenvalue weighted by Crippen LogP contribution is 2.32. The highest BCUT2D eigenvalue weighted by molar-refractivity contribution is 7.85. The minimum atomic E-state index is -0.697. The van der Waals surface area contributed by atoms with Crippen LogP contribution in [-0.2, 0) is 15.6 Å². The molecule has 2 saturated heterocycles. The lowest BCUT2D eigenvalue weighted by molar-refractivity contribution is -0.132. The summed E-state index contributed by atoms with van der Waals surface area (Å²) in [7, 11) is -0.697. The summed E-state index contributed by atoms with van der Waals surface area (Å²) in [5.74, 6) is 1.63. The van der Waals surface area contributed by atoms with Crippen LogP contribution in [0.1, 0.15) is 37.9 Å². The Bertz CT molecular complexity index is 524. The van der Waals surface area contributed by atoms with Crippen molar-refractivity contribution in [3.63, 3.8) is 0 Å². The Morgan fingerprint density at radius 3 is 2.52 bits per heavy atom. The molecule has 5 heteroatoms. The first-order chi connectivity index (χ1) is 10.2. The van der Waals surface area contributed by atoms with Gasteiger partial charge >= 0.3 is 0 Å². The van der Waals surface area contributed by atoms with Crippen LogP contribution < -0.4 is 5.32 Å². The molecule has 2 fully saturated rings. The number of carbonyl (C=O) groups excluding carboxylic acids is 1. The largest absolute Gasteiger partial charge is 0.319 e. The molecule has 0 spiro atoms. The molecule has 4 nitrogen and oxygen atoms in total. The second-order valence-electron chi connectivity index (χ2n) is 5.77. The molecule has 2 atom stereocenters. The van der Waals surface area contributed by atoms with Gasteiger partial charge in [0.05, 0.1) is 6.04 Å². The number of nitrogens with zero attached hydrogens (tertiary/aromatic N) is 1. The van der Waals surface area contributed by atoms with Crippen LogP contribution in [0, 0.1) is 0 Å². The maximum absolute atomic E-state index is 12.7. The van der Waals surface area contributed by atoms with Crippen molar-refractivity contribution in [1.82, 2.24) is 10.2 Å². The Balaban J connectivity index is 1.86. The molecule has 0 saturated carbocycles. The Kier molecular flexibility index (Phi) is 4.40. The lowest BCUT2D eigenvalue weighted by Gasteiger charge is -2.35. The highest BCUT2D eigenvalue weighted by Gasteiger charge is 2.42. The number of hydrogen-bond acceptors (Lipinski definition) is 3. The molecule has 21 heavy (non-hydrogen) atoms. The van der Waals surface area contributed by atoms with Gasteiger partial charge in [0.15, 0.2) is 0 Å². The second-order valence-corrected chi connectivity index (χ2v) is 7.46. The molecule has 3 rings (SSSR count). The van der Waals surface area contributed by atoms with Crippen LogP contribution in [0.3, 0.4) is 0 Å². The Labute approximate surface area is 128 Å². The van der Waals surface area contributed by atoms with E-state index in [0.29, 0.717) is 11.5 Å². The van der Waals surface area contributed by atoms with E-state index >= 15 is 0 Å². The Hall–Kier alpha value is -1.20. The quantitative estimate of drug-likeness (QED) is 0.926. The molecule has 2 aliphatic rings. The number of carbonyl (C=O) groups is 1. The summed E-state index contributed by atoms with van der Waals surface area (Å²) in [6.07, 6.45) is 2.46. The normalized spacial score (nSPS) is 33.4. The lowest BCUT2D eigenvalue weighted by Crippen LogP contribution is -2.43. The zero-order valence-electron chi connectivity index (χ0n) is 12.3. The van der Waals surface area contributed by atoms with Gasteiger partial charge in [0, 0.05) is 28.3 Å². The van der Waals surface area contributed by atoms with E-state index in [1.807, 2.05) is 30.0 Å². The summed E-state index contributed by atoms with van der Waals surface area (Å²) >= 11 is 0. The van der Waals surface area contributed by atoms with E-state index in [1.54, 1.807) is 0 Å². The van der Waals surface area contributed by atoms with Gasteiger partial charge in [0.25, 0.3) is 0 Å². The van der Waals surface area contributed by atoms with Crippen molar-refractivity contribution in [2.75, 3.05) is 11.5 Å². The van der Waals surface area contributed by atoms with Gasteiger partial charge in [-0.05, 0) is 24.8 Å². The first-order valence-corrected chi connectivity index (χ1v) is 9.17. The fourth-order valence-electron chi connectivity index (χ4n) is 3.28. The third-order valence-electron chi connectivity index (χ3n) is 4.46. The SMILES string of the molecule is CCC1NC(c2ccccc2)N(C2CCS(=O)CC2)C1=O. The molecule has 2 unspecified atom stereocenters. The number of amides is 1. The smallest absolute Gasteiger partial charge is 0.241 e. The van der Waals surface area contributed by atoms with Crippen molar-refractivity contribution in [3.05, 3.63) is 35.9 Å². The van der Waals surface area contributed by atoms with E-state index < -0.39 is 10.8 Å². The minimum Gasteiger partial charge on any atom is -0.319 e. The third-order valence-corrected chi connectivity index (χ3v) is 5.85. The van der Waals surface area contributed by atoms with Crippen LogP contribution in [0.4, 0.5) is 0 Å². The van der Waals surface area contributed by atoms with Gasteiger partial charge in [-0.1, -0.05) is 37.3 Å². The molecule has 0 radical (unpaired) electrons. The zero-order chi connectivity index (χ0) is 14.8. The van der Waals surface area contributed by atoms with Crippen LogP contribution >= 0.6 is 0 Å². The van der Waals surface area contributed by atoms with Crippen LogP contribution in [-0.4, -0.2) is 38.6 Å². The fourth-order valence-corrected chi connectivity index (χ4v) is 4.56. The molecule has 2 aliphatic heterocycles. The second kappa shape index (κ2) is 6.28. The van der Waals surface area contributed by atoms with Gasteiger partial charge in [0.2, 0.25) is 5.91 Å². The van der Waals surface area contributed by atoms with Gasteiger partial charge in [-0.2, -0.15) is 0 Å². The third kappa shape index (κ3) is 2.90. The van der Waals surface area contributed by atoms with E-state index in [-0.39, 0.29) is 24.2 Å². The van der Waals surface area contributed by atoms with E-state index in [4.69, 9.17) is 0 Å². The molecule has 0 aliphatic carbocycles. The average molecular weight is 306 g/mol. The van der Waals surface area contributed by atoms with Gasteiger partial charge in [0.1, 0.15) is 6.17 Å². The minimum absolute atomic E-state index is 0.0415. The fraction of sp³-hybridized carbons (Fsp3) is 0.562. The molecule has 1 N–H and O–H groups in total. The van der Waals surface area contributed by atoms with E-state index in [2.05, 4.69) is 17.4 Å². The number of nitrogens with one attached hydrogen (secondary N) is 1. The number of rotatable bonds is 3. The predicted octanol–water partition coefficient (Wildman–Crippen LogP) is 1.81. The standard InChI is InChI=1S/C16H22N2O2S/c1-2-14-16(19)18(13-8-10-21(20)11-9-13)15(17-14)12-6-4-3-5-7-12/h3-7,13-15,17H,2,8-11H2,1H3. The summed E-state index contributed by atoms with van der Waals surface area (Å²) in [5, 5.41) is 3.47. The number of hydrogen-bond donors (Lipinski definition) is 1. The molecular weight excluding hydrogens is 284 g/mol. The van der Waals surface area contributed by atoms with Crippen molar-refractivity contribution in [1.29, 1.82) is 0 Å². The van der Waals surface area contributed by atoms with Crippen LogP contribution in [0.2, 0.25) is 0 Å². The summed E-state index contributed by atoms with van der Waals surface area (Å²) in [6, 6.07) is 10.3. The molecule has 114 valence electrons. The van der Waals surface area contributed by atoms with Crippen molar-refractivity contribution in [2.24, 2.45) is 0 Å². The van der Waals surface area contributed by atoms with Crippen molar-refractivity contribution >= 4 is 16.7 Å². The van der Waals surface area contributed by atoms with Gasteiger partial charge < -0.3 is 4.90 Å². The molecule has 1 aromatic carbocycles. The van der Waals surface area contributed by atoms with Crippen LogP contribution in [0.15, 0.2) is 30.3 Å². The van der Waals surface area contributed by atoms with Gasteiger partial charge in [-0.3, -0.25) is 14.3 Å². The molecule has 1 aromatic rings. The first kappa shape index (κ1) is 14.7.